The summed E-state index contributed by atoms with van der Waals surface area (Å²) < 4.78 is 11.0. The molecule has 1 aromatic rings. The van der Waals surface area contributed by atoms with Gasteiger partial charge in [0.25, 0.3) is 0 Å². The molecule has 0 radical (unpaired) electrons. The van der Waals surface area contributed by atoms with Gasteiger partial charge in [-0.15, -0.1) is 0 Å². The molecule has 0 spiro atoms. The van der Waals surface area contributed by atoms with Gasteiger partial charge in [0.15, 0.2) is 0 Å². The zero-order valence-electron chi connectivity index (χ0n) is 10.7. The minimum Gasteiger partial charge on any atom is -0.491 e. The quantitative estimate of drug-likeness (QED) is 0.529. The number of hydrogen-bond donors (Lipinski definition) is 1. The maximum atomic E-state index is 5.58. The van der Waals surface area contributed by atoms with Crippen LogP contribution in [0, 0.1) is 0 Å². The van der Waals surface area contributed by atoms with Gasteiger partial charge in [-0.1, -0.05) is 26.2 Å². The lowest BCUT2D eigenvalue weighted by molar-refractivity contribution is 0.0971. The predicted octanol–water partition coefficient (Wildman–Crippen LogP) is 3.24. The summed E-state index contributed by atoms with van der Waals surface area (Å²) in [5, 5.41) is 0. The van der Waals surface area contributed by atoms with Gasteiger partial charge in [-0.3, -0.25) is 0 Å². The van der Waals surface area contributed by atoms with E-state index in [0.717, 1.165) is 24.5 Å². The van der Waals surface area contributed by atoms with Crippen molar-refractivity contribution in [1.29, 1.82) is 0 Å². The number of unbranched alkanes of at least 4 members (excludes halogenated alkanes) is 3. The highest BCUT2D eigenvalue weighted by atomic mass is 16.5. The molecule has 0 aliphatic carbocycles. The van der Waals surface area contributed by atoms with Gasteiger partial charge in [-0.05, 0) is 30.7 Å². The Balaban J connectivity index is 1.95. The molecule has 0 bridgehead atoms. The molecule has 0 amide bonds. The molecule has 3 nitrogen and oxygen atoms in total. The minimum atomic E-state index is 0.595. The summed E-state index contributed by atoms with van der Waals surface area (Å²) in [4.78, 5) is 0. The van der Waals surface area contributed by atoms with E-state index in [1.165, 1.54) is 19.3 Å². The SMILES string of the molecule is CCCCCCOCCOc1ccc(N)cc1. The summed E-state index contributed by atoms with van der Waals surface area (Å²) in [6.45, 7) is 4.29. The van der Waals surface area contributed by atoms with E-state index in [9.17, 15) is 0 Å². The first-order valence-corrected chi connectivity index (χ1v) is 6.39. The fourth-order valence-electron chi connectivity index (χ4n) is 1.52. The largest absolute Gasteiger partial charge is 0.491 e. The summed E-state index contributed by atoms with van der Waals surface area (Å²) in [5.74, 6) is 0.841. The summed E-state index contributed by atoms with van der Waals surface area (Å²) in [5.41, 5.74) is 6.33. The molecular formula is C14H23NO2. The van der Waals surface area contributed by atoms with Gasteiger partial charge >= 0.3 is 0 Å². The molecule has 0 atom stereocenters. The van der Waals surface area contributed by atoms with Crippen molar-refractivity contribution >= 4 is 5.69 Å². The highest BCUT2D eigenvalue weighted by Gasteiger charge is 1.94. The molecule has 3 heteroatoms. The smallest absolute Gasteiger partial charge is 0.119 e. The molecule has 0 aliphatic heterocycles. The van der Waals surface area contributed by atoms with Crippen LogP contribution in [0.15, 0.2) is 24.3 Å². The summed E-state index contributed by atoms with van der Waals surface area (Å²) in [6.07, 6.45) is 4.97. The third-order valence-electron chi connectivity index (χ3n) is 2.52. The molecule has 0 aliphatic rings. The Bertz CT molecular complexity index is 285. The first-order valence-electron chi connectivity index (χ1n) is 6.39. The number of anilines is 1. The monoisotopic (exact) mass is 237 g/mol. The second kappa shape index (κ2) is 8.88. The fraction of sp³-hybridized carbons (Fsp3) is 0.571. The van der Waals surface area contributed by atoms with Crippen LogP contribution >= 0.6 is 0 Å². The average molecular weight is 237 g/mol. The Labute approximate surface area is 104 Å². The molecule has 0 saturated carbocycles. The molecule has 1 rings (SSSR count). The third-order valence-corrected chi connectivity index (χ3v) is 2.52. The lowest BCUT2D eigenvalue weighted by Gasteiger charge is -2.07. The number of nitrogen functional groups attached to an aromatic ring is 1. The lowest BCUT2D eigenvalue weighted by atomic mass is 10.2. The van der Waals surface area contributed by atoms with Gasteiger partial charge in [0.2, 0.25) is 0 Å². The van der Waals surface area contributed by atoms with Crippen LogP contribution < -0.4 is 10.5 Å². The molecule has 0 fully saturated rings. The maximum absolute atomic E-state index is 5.58. The van der Waals surface area contributed by atoms with Gasteiger partial charge in [0.05, 0.1) is 6.61 Å². The van der Waals surface area contributed by atoms with E-state index in [4.69, 9.17) is 15.2 Å². The standard InChI is InChI=1S/C14H23NO2/c1-2-3-4-5-10-16-11-12-17-14-8-6-13(15)7-9-14/h6-9H,2-5,10-12,15H2,1H3. The van der Waals surface area contributed by atoms with E-state index >= 15 is 0 Å². The Hall–Kier alpha value is -1.22. The van der Waals surface area contributed by atoms with Crippen molar-refractivity contribution in [3.8, 4) is 5.75 Å². The maximum Gasteiger partial charge on any atom is 0.119 e. The Morgan fingerprint density at radius 1 is 0.941 bits per heavy atom. The van der Waals surface area contributed by atoms with Crippen LogP contribution in [-0.2, 0) is 4.74 Å². The average Bonchev–Trinajstić information content (AvgIpc) is 2.35. The molecule has 1 aromatic carbocycles. The van der Waals surface area contributed by atoms with Gasteiger partial charge in [-0.25, -0.2) is 0 Å². The van der Waals surface area contributed by atoms with Gasteiger partial charge in [-0.2, -0.15) is 0 Å². The predicted molar refractivity (Wildman–Crippen MR) is 71.3 cm³/mol. The second-order valence-corrected chi connectivity index (χ2v) is 4.09. The number of nitrogens with two attached hydrogens (primary N) is 1. The number of rotatable bonds is 9. The van der Waals surface area contributed by atoms with E-state index in [2.05, 4.69) is 6.92 Å². The van der Waals surface area contributed by atoms with E-state index in [0.29, 0.717) is 13.2 Å². The van der Waals surface area contributed by atoms with E-state index in [1.54, 1.807) is 0 Å². The summed E-state index contributed by atoms with van der Waals surface area (Å²) in [7, 11) is 0. The number of benzene rings is 1. The van der Waals surface area contributed by atoms with Gasteiger partial charge in [0.1, 0.15) is 12.4 Å². The van der Waals surface area contributed by atoms with Crippen LogP contribution in [0.4, 0.5) is 5.69 Å². The van der Waals surface area contributed by atoms with E-state index < -0.39 is 0 Å². The highest BCUT2D eigenvalue weighted by Crippen LogP contribution is 2.12. The Morgan fingerprint density at radius 2 is 1.71 bits per heavy atom. The summed E-state index contributed by atoms with van der Waals surface area (Å²) in [6, 6.07) is 7.41. The first kappa shape index (κ1) is 13.8. The van der Waals surface area contributed by atoms with Crippen molar-refractivity contribution in [2.24, 2.45) is 0 Å². The summed E-state index contributed by atoms with van der Waals surface area (Å²) >= 11 is 0. The molecule has 0 unspecified atom stereocenters. The van der Waals surface area contributed by atoms with E-state index in [-0.39, 0.29) is 0 Å². The fourth-order valence-corrected chi connectivity index (χ4v) is 1.52. The first-order chi connectivity index (χ1) is 8.33. The van der Waals surface area contributed by atoms with Crippen molar-refractivity contribution in [2.75, 3.05) is 25.6 Å². The van der Waals surface area contributed by atoms with Gasteiger partial charge in [0, 0.05) is 12.3 Å². The van der Waals surface area contributed by atoms with Crippen molar-refractivity contribution in [1.82, 2.24) is 0 Å². The van der Waals surface area contributed by atoms with Crippen molar-refractivity contribution < 1.29 is 9.47 Å². The molecule has 96 valence electrons. The molecule has 0 heterocycles. The lowest BCUT2D eigenvalue weighted by Crippen LogP contribution is -2.07. The Morgan fingerprint density at radius 3 is 2.41 bits per heavy atom. The minimum absolute atomic E-state index is 0.595. The van der Waals surface area contributed by atoms with Crippen LogP contribution in [0.2, 0.25) is 0 Å². The van der Waals surface area contributed by atoms with Crippen LogP contribution in [0.25, 0.3) is 0 Å². The van der Waals surface area contributed by atoms with Crippen molar-refractivity contribution in [3.05, 3.63) is 24.3 Å². The molecule has 0 saturated heterocycles. The number of hydrogen-bond acceptors (Lipinski definition) is 3. The van der Waals surface area contributed by atoms with Crippen LogP contribution in [0.3, 0.4) is 0 Å². The zero-order valence-corrected chi connectivity index (χ0v) is 10.7. The highest BCUT2D eigenvalue weighted by molar-refractivity contribution is 5.41. The van der Waals surface area contributed by atoms with Gasteiger partial charge < -0.3 is 15.2 Å². The number of ether oxygens (including phenoxy) is 2. The van der Waals surface area contributed by atoms with Crippen LogP contribution in [-0.4, -0.2) is 19.8 Å². The van der Waals surface area contributed by atoms with Crippen LogP contribution in [0.1, 0.15) is 32.6 Å². The van der Waals surface area contributed by atoms with Crippen molar-refractivity contribution in [2.45, 2.75) is 32.6 Å². The van der Waals surface area contributed by atoms with E-state index in [1.807, 2.05) is 24.3 Å². The topological polar surface area (TPSA) is 44.5 Å². The molecular weight excluding hydrogens is 214 g/mol. The zero-order chi connectivity index (χ0) is 12.3. The Kier molecular flexibility index (Phi) is 7.23. The molecule has 0 aromatic heterocycles. The second-order valence-electron chi connectivity index (χ2n) is 4.09. The molecule has 17 heavy (non-hydrogen) atoms. The third kappa shape index (κ3) is 6.84. The van der Waals surface area contributed by atoms with Crippen LogP contribution in [0.5, 0.6) is 5.75 Å². The normalized spacial score (nSPS) is 10.4. The molecule has 2 N–H and O–H groups in total. The van der Waals surface area contributed by atoms with Crippen molar-refractivity contribution in [3.63, 3.8) is 0 Å².